The van der Waals surface area contributed by atoms with E-state index in [4.69, 9.17) is 14.7 Å². The summed E-state index contributed by atoms with van der Waals surface area (Å²) >= 11 is 0. The normalized spacial score (nSPS) is 25.8. The number of allylic oxidation sites excluding steroid dienone is 1. The molecule has 0 aliphatic heterocycles. The van der Waals surface area contributed by atoms with Gasteiger partial charge in [-0.2, -0.15) is 0 Å². The second kappa shape index (κ2) is 6.87. The van der Waals surface area contributed by atoms with Gasteiger partial charge in [-0.3, -0.25) is 0 Å². The first-order valence-electron chi connectivity index (χ1n) is 6.29. The Morgan fingerprint density at radius 3 is 2.89 bits per heavy atom. The predicted molar refractivity (Wildman–Crippen MR) is 65.8 cm³/mol. The summed E-state index contributed by atoms with van der Waals surface area (Å²) in [4.78, 5) is 15.9. The Hall–Kier alpha value is -0.910. The minimum Gasteiger partial charge on any atom is -0.463 e. The van der Waals surface area contributed by atoms with Gasteiger partial charge in [0.15, 0.2) is 0 Å². The van der Waals surface area contributed by atoms with Crippen molar-refractivity contribution < 1.29 is 24.4 Å². The molecule has 5 nitrogen and oxygen atoms in total. The average Bonchev–Trinajstić information content (AvgIpc) is 2.38. The zero-order chi connectivity index (χ0) is 13.6. The molecular formula is C13H22O5. The molecule has 1 fully saturated rings. The molecule has 0 aromatic rings. The Morgan fingerprint density at radius 2 is 2.33 bits per heavy atom. The van der Waals surface area contributed by atoms with Crippen molar-refractivity contribution in [3.63, 3.8) is 0 Å². The molecule has 104 valence electrons. The molecule has 1 saturated carbocycles. The first-order valence-corrected chi connectivity index (χ1v) is 6.29. The number of ether oxygens (including phenoxy) is 2. The minimum absolute atomic E-state index is 0.0296. The predicted octanol–water partition coefficient (Wildman–Crippen LogP) is 2.52. The lowest BCUT2D eigenvalue weighted by Gasteiger charge is -2.36. The maximum Gasteiger partial charge on any atom is 0.330 e. The molecule has 1 N–H and O–H groups in total. The summed E-state index contributed by atoms with van der Waals surface area (Å²) in [5, 5.41) is 8.95. The minimum atomic E-state index is -1.02. The van der Waals surface area contributed by atoms with Crippen LogP contribution in [-0.2, 0) is 19.2 Å². The molecule has 5 heteroatoms. The van der Waals surface area contributed by atoms with E-state index in [2.05, 4.69) is 4.89 Å². The van der Waals surface area contributed by atoms with Gasteiger partial charge in [-0.05, 0) is 39.5 Å². The van der Waals surface area contributed by atoms with Crippen LogP contribution >= 0.6 is 0 Å². The van der Waals surface area contributed by atoms with Crippen molar-refractivity contribution in [2.45, 2.75) is 45.3 Å². The lowest BCUT2D eigenvalue weighted by molar-refractivity contribution is -0.409. The summed E-state index contributed by atoms with van der Waals surface area (Å²) in [5.41, 5.74) is 1.02. The van der Waals surface area contributed by atoms with Crippen LogP contribution in [-0.4, -0.2) is 30.7 Å². The van der Waals surface area contributed by atoms with Crippen LogP contribution in [0.3, 0.4) is 0 Å². The summed E-state index contributed by atoms with van der Waals surface area (Å²) in [7, 11) is 1.50. The second-order valence-electron chi connectivity index (χ2n) is 4.66. The number of carbonyl (C=O) groups excluding carboxylic acids is 1. The molecule has 0 saturated heterocycles. The molecule has 1 aliphatic rings. The highest BCUT2D eigenvalue weighted by molar-refractivity contribution is 5.82. The van der Waals surface area contributed by atoms with Crippen LogP contribution in [0.1, 0.15) is 39.5 Å². The van der Waals surface area contributed by atoms with Crippen LogP contribution in [0.4, 0.5) is 0 Å². The third-order valence-corrected chi connectivity index (χ3v) is 3.50. The van der Waals surface area contributed by atoms with Crippen molar-refractivity contribution in [1.29, 1.82) is 0 Å². The van der Waals surface area contributed by atoms with Gasteiger partial charge in [0.25, 0.3) is 0 Å². The molecule has 0 aromatic heterocycles. The van der Waals surface area contributed by atoms with Crippen LogP contribution in [0.2, 0.25) is 0 Å². The quantitative estimate of drug-likeness (QED) is 0.270. The van der Waals surface area contributed by atoms with E-state index >= 15 is 0 Å². The molecule has 1 rings (SSSR count). The van der Waals surface area contributed by atoms with Gasteiger partial charge < -0.3 is 9.47 Å². The Morgan fingerprint density at radius 1 is 1.61 bits per heavy atom. The van der Waals surface area contributed by atoms with Gasteiger partial charge in [0.05, 0.1) is 6.61 Å². The van der Waals surface area contributed by atoms with E-state index in [1.807, 2.05) is 0 Å². The molecular weight excluding hydrogens is 236 g/mol. The third-order valence-electron chi connectivity index (χ3n) is 3.50. The fraction of sp³-hybridized carbons (Fsp3) is 0.769. The van der Waals surface area contributed by atoms with E-state index in [0.29, 0.717) is 13.0 Å². The van der Waals surface area contributed by atoms with Gasteiger partial charge in [-0.15, -0.1) is 0 Å². The zero-order valence-corrected chi connectivity index (χ0v) is 11.3. The van der Waals surface area contributed by atoms with Crippen molar-refractivity contribution in [2.75, 3.05) is 13.7 Å². The highest BCUT2D eigenvalue weighted by Gasteiger charge is 2.38. The van der Waals surface area contributed by atoms with E-state index in [9.17, 15) is 4.79 Å². The zero-order valence-electron chi connectivity index (χ0n) is 11.3. The standard InChI is InChI=1S/C13H22O5/c1-4-17-12(14)9-10-6-5-7-11(8-10)13(2,16-3)18-15/h9,11,15H,4-8H2,1-3H3/b10-9-. The average molecular weight is 258 g/mol. The van der Waals surface area contributed by atoms with Crippen molar-refractivity contribution in [2.24, 2.45) is 5.92 Å². The van der Waals surface area contributed by atoms with Crippen molar-refractivity contribution in [3.05, 3.63) is 11.6 Å². The number of esters is 1. The Kier molecular flexibility index (Phi) is 5.78. The van der Waals surface area contributed by atoms with Gasteiger partial charge in [0, 0.05) is 19.1 Å². The summed E-state index contributed by atoms with van der Waals surface area (Å²) in [6, 6.07) is 0. The highest BCUT2D eigenvalue weighted by atomic mass is 17.1. The fourth-order valence-electron chi connectivity index (χ4n) is 2.30. The molecule has 0 bridgehead atoms. The van der Waals surface area contributed by atoms with E-state index in [-0.39, 0.29) is 11.9 Å². The van der Waals surface area contributed by atoms with Crippen molar-refractivity contribution >= 4 is 5.97 Å². The topological polar surface area (TPSA) is 65.0 Å². The maximum absolute atomic E-state index is 11.4. The van der Waals surface area contributed by atoms with Gasteiger partial charge in [-0.1, -0.05) is 5.57 Å². The molecule has 2 unspecified atom stereocenters. The van der Waals surface area contributed by atoms with E-state index in [1.165, 1.54) is 7.11 Å². The van der Waals surface area contributed by atoms with Gasteiger partial charge in [0.1, 0.15) is 0 Å². The Labute approximate surface area is 108 Å². The summed E-state index contributed by atoms with van der Waals surface area (Å²) in [6.45, 7) is 3.86. The Bertz CT molecular complexity index is 307. The maximum atomic E-state index is 11.4. The molecule has 0 heterocycles. The second-order valence-corrected chi connectivity index (χ2v) is 4.66. The molecule has 0 radical (unpaired) electrons. The van der Waals surface area contributed by atoms with Gasteiger partial charge >= 0.3 is 5.97 Å². The number of hydrogen-bond acceptors (Lipinski definition) is 5. The third kappa shape index (κ3) is 3.80. The molecule has 0 spiro atoms. The van der Waals surface area contributed by atoms with Crippen molar-refractivity contribution in [3.8, 4) is 0 Å². The number of methoxy groups -OCH3 is 1. The largest absolute Gasteiger partial charge is 0.463 e. The lowest BCUT2D eigenvalue weighted by atomic mass is 9.80. The van der Waals surface area contributed by atoms with Gasteiger partial charge in [-0.25, -0.2) is 14.9 Å². The van der Waals surface area contributed by atoms with Crippen molar-refractivity contribution in [1.82, 2.24) is 0 Å². The number of rotatable bonds is 5. The fourth-order valence-corrected chi connectivity index (χ4v) is 2.30. The monoisotopic (exact) mass is 258 g/mol. The highest BCUT2D eigenvalue weighted by Crippen LogP contribution is 2.37. The number of carbonyl (C=O) groups is 1. The molecule has 2 atom stereocenters. The smallest absolute Gasteiger partial charge is 0.330 e. The van der Waals surface area contributed by atoms with Gasteiger partial charge in [0.2, 0.25) is 5.79 Å². The first-order chi connectivity index (χ1) is 8.55. The van der Waals surface area contributed by atoms with Crippen LogP contribution < -0.4 is 0 Å². The van der Waals surface area contributed by atoms with Crippen LogP contribution in [0.25, 0.3) is 0 Å². The Balaban J connectivity index is 2.69. The molecule has 1 aliphatic carbocycles. The summed E-state index contributed by atoms with van der Waals surface area (Å²) in [6.07, 6.45) is 4.93. The van der Waals surface area contributed by atoms with E-state index < -0.39 is 5.79 Å². The number of hydrogen-bond donors (Lipinski definition) is 1. The van der Waals surface area contributed by atoms with Crippen LogP contribution in [0, 0.1) is 5.92 Å². The van der Waals surface area contributed by atoms with E-state index in [1.54, 1.807) is 19.9 Å². The molecule has 0 amide bonds. The first kappa shape index (κ1) is 15.1. The summed E-state index contributed by atoms with van der Waals surface area (Å²) in [5.74, 6) is -1.30. The van der Waals surface area contributed by atoms with E-state index in [0.717, 1.165) is 24.8 Å². The lowest BCUT2D eigenvalue weighted by Crippen LogP contribution is -2.40. The van der Waals surface area contributed by atoms with Crippen LogP contribution in [0.5, 0.6) is 0 Å². The SMILES string of the molecule is CCOC(=O)/C=C1/CCCC(C(C)(OC)OO)C1. The molecule has 0 aromatic carbocycles. The molecule has 18 heavy (non-hydrogen) atoms. The van der Waals surface area contributed by atoms with Crippen LogP contribution in [0.15, 0.2) is 11.6 Å². The summed E-state index contributed by atoms with van der Waals surface area (Å²) < 4.78 is 10.1.